The van der Waals surface area contributed by atoms with Crippen LogP contribution in [0.1, 0.15) is 12.8 Å². The van der Waals surface area contributed by atoms with Gasteiger partial charge in [-0.3, -0.25) is 0 Å². The van der Waals surface area contributed by atoms with Crippen molar-refractivity contribution in [1.82, 2.24) is 5.32 Å². The second kappa shape index (κ2) is 1.21. The zero-order valence-electron chi connectivity index (χ0n) is 7.53. The van der Waals surface area contributed by atoms with Crippen LogP contribution in [0, 0.1) is 41.4 Å². The third-order valence-corrected chi connectivity index (χ3v) is 6.30. The van der Waals surface area contributed by atoms with E-state index in [0.717, 1.165) is 29.7 Å². The van der Waals surface area contributed by atoms with Gasteiger partial charge in [0.15, 0.2) is 0 Å². The van der Waals surface area contributed by atoms with Gasteiger partial charge >= 0.3 is 0 Å². The molecule has 0 radical (unpaired) electrons. The summed E-state index contributed by atoms with van der Waals surface area (Å²) in [5, 5.41) is 3.77. The van der Waals surface area contributed by atoms with Gasteiger partial charge in [0, 0.05) is 11.6 Å². The maximum Gasteiger partial charge on any atom is 0.0527 e. The predicted molar refractivity (Wildman–Crippen MR) is 47.6 cm³/mol. The van der Waals surface area contributed by atoms with Gasteiger partial charge < -0.3 is 5.32 Å². The lowest BCUT2D eigenvalue weighted by atomic mass is 9.35. The van der Waals surface area contributed by atoms with Crippen molar-refractivity contribution in [3.05, 3.63) is 11.3 Å². The molecule has 1 N–H and O–H groups in total. The number of rotatable bonds is 0. The van der Waals surface area contributed by atoms with Crippen LogP contribution in [0.15, 0.2) is 11.3 Å². The summed E-state index contributed by atoms with van der Waals surface area (Å²) in [6, 6.07) is 0.898. The SMILES string of the molecule is C1C2C1C1C3CC4C5NC(=C5C43)C21. The summed E-state index contributed by atoms with van der Waals surface area (Å²) >= 11 is 0. The Balaban J connectivity index is 1.66. The molecule has 1 aliphatic heterocycles. The van der Waals surface area contributed by atoms with Crippen LogP contribution in [0.4, 0.5) is 0 Å². The smallest absolute Gasteiger partial charge is 0.0527 e. The Morgan fingerprint density at radius 1 is 0.923 bits per heavy atom. The Kier molecular flexibility index (Phi) is 0.506. The largest absolute Gasteiger partial charge is 0.381 e. The van der Waals surface area contributed by atoms with E-state index in [1.54, 1.807) is 18.5 Å². The third kappa shape index (κ3) is 0.317. The first kappa shape index (κ1) is 5.43. The van der Waals surface area contributed by atoms with Gasteiger partial charge in [-0.05, 0) is 53.9 Å². The van der Waals surface area contributed by atoms with E-state index >= 15 is 0 Å². The molecule has 8 atom stereocenters. The van der Waals surface area contributed by atoms with Crippen molar-refractivity contribution in [2.24, 2.45) is 41.4 Å². The lowest BCUT2D eigenvalue weighted by Gasteiger charge is -2.74. The minimum absolute atomic E-state index is 0.898. The quantitative estimate of drug-likeness (QED) is 0.580. The zero-order valence-corrected chi connectivity index (χ0v) is 7.53. The van der Waals surface area contributed by atoms with Crippen LogP contribution >= 0.6 is 0 Å². The Hall–Kier alpha value is -0.460. The first-order valence-electron chi connectivity index (χ1n) is 5.95. The molecule has 5 aliphatic carbocycles. The van der Waals surface area contributed by atoms with Gasteiger partial charge in [0.25, 0.3) is 0 Å². The molecular formula is C12H13N. The van der Waals surface area contributed by atoms with Gasteiger partial charge in [0.2, 0.25) is 0 Å². The maximum atomic E-state index is 3.77. The fourth-order valence-corrected chi connectivity index (χ4v) is 5.73. The molecule has 0 aromatic heterocycles. The van der Waals surface area contributed by atoms with Gasteiger partial charge in [0.05, 0.1) is 6.04 Å². The third-order valence-electron chi connectivity index (χ3n) is 6.30. The molecule has 1 nitrogen and oxygen atoms in total. The fraction of sp³-hybridized carbons (Fsp3) is 0.833. The van der Waals surface area contributed by atoms with E-state index in [2.05, 4.69) is 5.32 Å². The number of fused-ring (bicyclic) bond motifs is 7. The minimum Gasteiger partial charge on any atom is -0.381 e. The van der Waals surface area contributed by atoms with Crippen molar-refractivity contribution in [3.63, 3.8) is 0 Å². The highest BCUT2D eigenvalue weighted by molar-refractivity contribution is 5.52. The second-order valence-electron chi connectivity index (χ2n) is 6.25. The molecule has 4 saturated carbocycles. The molecule has 0 saturated heterocycles. The van der Waals surface area contributed by atoms with Crippen molar-refractivity contribution in [2.45, 2.75) is 18.9 Å². The fourth-order valence-electron chi connectivity index (χ4n) is 5.73. The van der Waals surface area contributed by atoms with E-state index in [4.69, 9.17) is 0 Å². The Morgan fingerprint density at radius 3 is 2.85 bits per heavy atom. The topological polar surface area (TPSA) is 12.0 Å². The Bertz CT molecular complexity index is 396. The van der Waals surface area contributed by atoms with Gasteiger partial charge in [-0.25, -0.2) is 0 Å². The van der Waals surface area contributed by atoms with Crippen molar-refractivity contribution in [1.29, 1.82) is 0 Å². The van der Waals surface area contributed by atoms with Crippen molar-refractivity contribution in [2.75, 3.05) is 0 Å². The van der Waals surface area contributed by atoms with Crippen LogP contribution in [0.2, 0.25) is 0 Å². The maximum absolute atomic E-state index is 3.77. The van der Waals surface area contributed by atoms with E-state index in [-0.39, 0.29) is 0 Å². The summed E-state index contributed by atoms with van der Waals surface area (Å²) in [4.78, 5) is 0. The predicted octanol–water partition coefficient (Wildman–Crippen LogP) is 1.37. The molecule has 66 valence electrons. The van der Waals surface area contributed by atoms with E-state index in [0.29, 0.717) is 0 Å². The summed E-state index contributed by atoms with van der Waals surface area (Å²) in [6.45, 7) is 0. The molecule has 1 heteroatoms. The second-order valence-corrected chi connectivity index (χ2v) is 6.25. The van der Waals surface area contributed by atoms with E-state index < -0.39 is 0 Å². The van der Waals surface area contributed by atoms with Crippen LogP contribution in [0.25, 0.3) is 0 Å². The molecule has 0 aromatic rings. The van der Waals surface area contributed by atoms with Crippen LogP contribution in [-0.4, -0.2) is 6.04 Å². The number of hydrogen-bond donors (Lipinski definition) is 1. The number of hydrogen-bond acceptors (Lipinski definition) is 1. The molecule has 1 heterocycles. The van der Waals surface area contributed by atoms with E-state index in [1.165, 1.54) is 17.8 Å². The molecule has 0 aromatic carbocycles. The standard InChI is InChI=1S/C12H13N/c1-3-4(1)9-7(3)5-2-6-8(5)10-11(6)13-12(9)10/h3-9,11,13H,1-2H2. The summed E-state index contributed by atoms with van der Waals surface area (Å²) < 4.78 is 0. The van der Waals surface area contributed by atoms with Crippen LogP contribution in [-0.2, 0) is 0 Å². The average Bonchev–Trinajstić information content (AvgIpc) is 2.70. The summed E-state index contributed by atoms with van der Waals surface area (Å²) in [6.07, 6.45) is 3.18. The van der Waals surface area contributed by atoms with Crippen LogP contribution in [0.3, 0.4) is 0 Å². The van der Waals surface area contributed by atoms with Crippen molar-refractivity contribution < 1.29 is 0 Å². The molecule has 13 heavy (non-hydrogen) atoms. The monoisotopic (exact) mass is 171 g/mol. The lowest BCUT2D eigenvalue weighted by Crippen LogP contribution is -2.75. The highest BCUT2D eigenvalue weighted by Crippen LogP contribution is 2.80. The molecule has 6 aliphatic rings. The lowest BCUT2D eigenvalue weighted by molar-refractivity contribution is -0.125. The molecule has 0 amide bonds. The molecule has 0 spiro atoms. The van der Waals surface area contributed by atoms with E-state index in [1.807, 2.05) is 5.57 Å². The van der Waals surface area contributed by atoms with Crippen molar-refractivity contribution in [3.8, 4) is 0 Å². The van der Waals surface area contributed by atoms with E-state index in [9.17, 15) is 0 Å². The van der Waals surface area contributed by atoms with Crippen LogP contribution in [0.5, 0.6) is 0 Å². The highest BCUT2D eigenvalue weighted by Gasteiger charge is 2.77. The highest BCUT2D eigenvalue weighted by atomic mass is 15.1. The molecule has 8 unspecified atom stereocenters. The Labute approximate surface area is 77.6 Å². The molecular weight excluding hydrogens is 158 g/mol. The Morgan fingerprint density at radius 2 is 1.85 bits per heavy atom. The molecule has 4 fully saturated rings. The molecule has 0 bridgehead atoms. The molecule has 6 rings (SSSR count). The minimum atomic E-state index is 0.898. The van der Waals surface area contributed by atoms with Gasteiger partial charge in [0.1, 0.15) is 0 Å². The first-order chi connectivity index (χ1) is 6.45. The van der Waals surface area contributed by atoms with Gasteiger partial charge in [-0.1, -0.05) is 0 Å². The summed E-state index contributed by atoms with van der Waals surface area (Å²) in [5.74, 6) is 7.97. The van der Waals surface area contributed by atoms with Gasteiger partial charge in [-0.15, -0.1) is 0 Å². The van der Waals surface area contributed by atoms with Crippen molar-refractivity contribution >= 4 is 0 Å². The summed E-state index contributed by atoms with van der Waals surface area (Å²) in [7, 11) is 0. The number of nitrogens with one attached hydrogen (secondary N) is 1. The zero-order chi connectivity index (χ0) is 7.89. The van der Waals surface area contributed by atoms with Gasteiger partial charge in [-0.2, -0.15) is 0 Å². The van der Waals surface area contributed by atoms with Crippen LogP contribution < -0.4 is 5.32 Å². The normalized spacial score (nSPS) is 76.9. The first-order valence-corrected chi connectivity index (χ1v) is 5.95. The average molecular weight is 171 g/mol. The summed E-state index contributed by atoms with van der Waals surface area (Å²) in [5.41, 5.74) is 3.69. The number of allylic oxidation sites excluding steroid dienone is 1.